The summed E-state index contributed by atoms with van der Waals surface area (Å²) >= 11 is 0. The summed E-state index contributed by atoms with van der Waals surface area (Å²) in [5.41, 5.74) is 6.15. The number of hydrogen-bond acceptors (Lipinski definition) is 4. The van der Waals surface area contributed by atoms with E-state index in [0.717, 1.165) is 12.8 Å². The van der Waals surface area contributed by atoms with Crippen molar-refractivity contribution in [1.29, 1.82) is 0 Å². The van der Waals surface area contributed by atoms with Gasteiger partial charge in [-0.3, -0.25) is 0 Å². The largest absolute Gasteiger partial charge is 0.464 e. The summed E-state index contributed by atoms with van der Waals surface area (Å²) in [6.07, 6.45) is 5.87. The topological polar surface area (TPSA) is 70.1 Å². The van der Waals surface area contributed by atoms with Crippen LogP contribution in [0.25, 0.3) is 0 Å². The molecule has 2 N–H and O–H groups in total. The number of nitrogen functional groups attached to an aromatic ring is 1. The zero-order valence-corrected chi connectivity index (χ0v) is 9.48. The first-order valence-electron chi connectivity index (χ1n) is 5.65. The molecule has 1 fully saturated rings. The van der Waals surface area contributed by atoms with Crippen LogP contribution in [-0.4, -0.2) is 22.9 Å². The molecule has 1 aromatic heterocycles. The van der Waals surface area contributed by atoms with Crippen molar-refractivity contribution in [3.8, 4) is 0 Å². The molecular formula is C11H17N3O2. The highest BCUT2D eigenvalue weighted by Crippen LogP contribution is 2.29. The Hall–Kier alpha value is -1.52. The molecule has 0 unspecified atom stereocenters. The van der Waals surface area contributed by atoms with Crippen LogP contribution in [0.5, 0.6) is 0 Å². The Morgan fingerprint density at radius 2 is 2.19 bits per heavy atom. The van der Waals surface area contributed by atoms with Crippen molar-refractivity contribution in [2.24, 2.45) is 0 Å². The van der Waals surface area contributed by atoms with Gasteiger partial charge in [0.05, 0.1) is 13.2 Å². The minimum absolute atomic E-state index is 0.297. The van der Waals surface area contributed by atoms with Crippen LogP contribution in [0.1, 0.15) is 48.6 Å². The monoisotopic (exact) mass is 223 g/mol. The highest BCUT2D eigenvalue weighted by atomic mass is 16.5. The number of carbonyl (C=O) groups is 1. The fourth-order valence-electron chi connectivity index (χ4n) is 2.23. The average Bonchev–Trinajstić information content (AvgIpc) is 2.71. The first kappa shape index (κ1) is 11.0. The maximum absolute atomic E-state index is 11.3. The summed E-state index contributed by atoms with van der Waals surface area (Å²) in [5.74, 6) is 0.119. The van der Waals surface area contributed by atoms with Gasteiger partial charge >= 0.3 is 5.97 Å². The van der Waals surface area contributed by atoms with E-state index in [1.165, 1.54) is 26.4 Å². The van der Waals surface area contributed by atoms with Gasteiger partial charge in [-0.05, 0) is 12.8 Å². The second kappa shape index (κ2) is 4.55. The number of hydrogen-bond donors (Lipinski definition) is 1. The molecule has 1 saturated carbocycles. The third-order valence-corrected chi connectivity index (χ3v) is 3.08. The Balaban J connectivity index is 2.20. The van der Waals surface area contributed by atoms with Gasteiger partial charge in [0, 0.05) is 6.07 Å². The Kier molecular flexibility index (Phi) is 3.12. The van der Waals surface area contributed by atoms with Gasteiger partial charge in [-0.25, -0.2) is 9.48 Å². The molecule has 1 aliphatic carbocycles. The molecule has 1 aromatic rings. The van der Waals surface area contributed by atoms with E-state index in [9.17, 15) is 4.79 Å². The van der Waals surface area contributed by atoms with Gasteiger partial charge in [-0.1, -0.05) is 19.3 Å². The fourth-order valence-corrected chi connectivity index (χ4v) is 2.23. The highest BCUT2D eigenvalue weighted by Gasteiger charge is 2.20. The summed E-state index contributed by atoms with van der Waals surface area (Å²) in [6, 6.07) is 1.92. The van der Waals surface area contributed by atoms with Gasteiger partial charge in [-0.15, -0.1) is 0 Å². The molecule has 2 rings (SSSR count). The van der Waals surface area contributed by atoms with Crippen LogP contribution in [0.3, 0.4) is 0 Å². The van der Waals surface area contributed by atoms with Gasteiger partial charge in [0.1, 0.15) is 5.82 Å². The number of methoxy groups -OCH3 is 1. The molecule has 0 spiro atoms. The molecule has 88 valence electrons. The van der Waals surface area contributed by atoms with Crippen molar-refractivity contribution in [3.05, 3.63) is 11.8 Å². The number of esters is 1. The summed E-state index contributed by atoms with van der Waals surface area (Å²) in [5, 5.41) is 4.22. The number of anilines is 1. The molecule has 1 heterocycles. The van der Waals surface area contributed by atoms with Gasteiger partial charge in [0.25, 0.3) is 0 Å². The van der Waals surface area contributed by atoms with Crippen LogP contribution in [0.15, 0.2) is 6.07 Å². The van der Waals surface area contributed by atoms with Crippen molar-refractivity contribution >= 4 is 11.8 Å². The van der Waals surface area contributed by atoms with Crippen molar-refractivity contribution in [2.75, 3.05) is 12.8 Å². The van der Waals surface area contributed by atoms with Crippen molar-refractivity contribution in [3.63, 3.8) is 0 Å². The molecule has 0 saturated heterocycles. The Bertz CT molecular complexity index is 381. The molecule has 5 heteroatoms. The number of ether oxygens (including phenoxy) is 1. The molecule has 0 aromatic carbocycles. The number of carbonyl (C=O) groups excluding carboxylic acids is 1. The molecule has 16 heavy (non-hydrogen) atoms. The van der Waals surface area contributed by atoms with Crippen LogP contribution in [0, 0.1) is 0 Å². The summed E-state index contributed by atoms with van der Waals surface area (Å²) in [7, 11) is 1.35. The predicted molar refractivity (Wildman–Crippen MR) is 60.1 cm³/mol. The van der Waals surface area contributed by atoms with E-state index in [2.05, 4.69) is 9.84 Å². The lowest BCUT2D eigenvalue weighted by atomic mass is 9.96. The van der Waals surface area contributed by atoms with Crippen molar-refractivity contribution in [1.82, 2.24) is 9.78 Å². The van der Waals surface area contributed by atoms with Gasteiger partial charge in [-0.2, -0.15) is 5.10 Å². The Morgan fingerprint density at radius 1 is 1.50 bits per heavy atom. The van der Waals surface area contributed by atoms with E-state index in [4.69, 9.17) is 5.73 Å². The lowest BCUT2D eigenvalue weighted by molar-refractivity contribution is 0.0592. The number of nitrogens with zero attached hydrogens (tertiary/aromatic N) is 2. The van der Waals surface area contributed by atoms with Crippen LogP contribution in [-0.2, 0) is 4.74 Å². The summed E-state index contributed by atoms with van der Waals surface area (Å²) < 4.78 is 6.39. The molecule has 1 aliphatic rings. The molecule has 0 radical (unpaired) electrons. The smallest absolute Gasteiger partial charge is 0.358 e. The number of rotatable bonds is 2. The lowest BCUT2D eigenvalue weighted by Gasteiger charge is -2.22. The van der Waals surface area contributed by atoms with Crippen LogP contribution >= 0.6 is 0 Å². The highest BCUT2D eigenvalue weighted by molar-refractivity contribution is 5.87. The van der Waals surface area contributed by atoms with E-state index in [0.29, 0.717) is 17.6 Å². The van der Waals surface area contributed by atoms with Crippen LogP contribution < -0.4 is 5.73 Å². The van der Waals surface area contributed by atoms with Crippen molar-refractivity contribution in [2.45, 2.75) is 38.1 Å². The number of aromatic nitrogens is 2. The molecule has 5 nitrogen and oxygen atoms in total. The van der Waals surface area contributed by atoms with Gasteiger partial charge in [0.2, 0.25) is 0 Å². The molecule has 0 amide bonds. The average molecular weight is 223 g/mol. The molecule has 0 aliphatic heterocycles. The van der Waals surface area contributed by atoms with E-state index >= 15 is 0 Å². The first-order valence-corrected chi connectivity index (χ1v) is 5.65. The minimum Gasteiger partial charge on any atom is -0.464 e. The maximum Gasteiger partial charge on any atom is 0.358 e. The standard InChI is InChI=1S/C11H17N3O2/c1-16-11(15)9-7-10(12)14(13-9)8-5-3-2-4-6-8/h7-8H,2-6,12H2,1H3. The zero-order valence-electron chi connectivity index (χ0n) is 9.48. The SMILES string of the molecule is COC(=O)c1cc(N)n(C2CCCCC2)n1. The first-order chi connectivity index (χ1) is 7.72. The summed E-state index contributed by atoms with van der Waals surface area (Å²) in [6.45, 7) is 0. The third-order valence-electron chi connectivity index (χ3n) is 3.08. The van der Waals surface area contributed by atoms with E-state index in [1.807, 2.05) is 0 Å². The normalized spacial score (nSPS) is 17.3. The van der Waals surface area contributed by atoms with E-state index < -0.39 is 5.97 Å². The maximum atomic E-state index is 11.3. The third kappa shape index (κ3) is 2.03. The fraction of sp³-hybridized carbons (Fsp3) is 0.636. The second-order valence-electron chi connectivity index (χ2n) is 4.18. The Labute approximate surface area is 94.6 Å². The van der Waals surface area contributed by atoms with Crippen LogP contribution in [0.2, 0.25) is 0 Å². The van der Waals surface area contributed by atoms with Gasteiger partial charge in [0.15, 0.2) is 5.69 Å². The molecule has 0 atom stereocenters. The van der Waals surface area contributed by atoms with E-state index in [-0.39, 0.29) is 0 Å². The second-order valence-corrected chi connectivity index (χ2v) is 4.18. The van der Waals surface area contributed by atoms with Crippen LogP contribution in [0.4, 0.5) is 5.82 Å². The van der Waals surface area contributed by atoms with E-state index in [1.54, 1.807) is 10.7 Å². The molecular weight excluding hydrogens is 206 g/mol. The quantitative estimate of drug-likeness (QED) is 0.775. The Morgan fingerprint density at radius 3 is 2.81 bits per heavy atom. The molecule has 0 bridgehead atoms. The minimum atomic E-state index is -0.429. The number of nitrogens with two attached hydrogens (primary N) is 1. The zero-order chi connectivity index (χ0) is 11.5. The van der Waals surface area contributed by atoms with Gasteiger partial charge < -0.3 is 10.5 Å². The summed E-state index contributed by atoms with van der Waals surface area (Å²) in [4.78, 5) is 11.3. The predicted octanol–water partition coefficient (Wildman–Crippen LogP) is 1.76. The lowest BCUT2D eigenvalue weighted by Crippen LogP contribution is -2.16. The van der Waals surface area contributed by atoms with Crippen molar-refractivity contribution < 1.29 is 9.53 Å².